The van der Waals surface area contributed by atoms with Crippen LogP contribution in [0.4, 0.5) is 0 Å². The molecular formula is C25H25BrN2O4. The van der Waals surface area contributed by atoms with Gasteiger partial charge in [0, 0.05) is 0 Å². The summed E-state index contributed by atoms with van der Waals surface area (Å²) in [5.41, 5.74) is 5.41. The highest BCUT2D eigenvalue weighted by Crippen LogP contribution is 2.28. The molecule has 0 aliphatic heterocycles. The predicted octanol–water partition coefficient (Wildman–Crippen LogP) is 5.26. The number of nitrogens with zero attached hydrogens (tertiary/aromatic N) is 1. The molecule has 3 aromatic carbocycles. The zero-order valence-corrected chi connectivity index (χ0v) is 19.8. The van der Waals surface area contributed by atoms with Crippen LogP contribution < -0.4 is 19.6 Å². The SMILES string of the molecule is COc1cc(C=NNC(=O)C(C)Oc2ccc(C)cc2Br)ccc1OCc1ccccc1. The summed E-state index contributed by atoms with van der Waals surface area (Å²) in [5, 5.41) is 4.03. The van der Waals surface area contributed by atoms with Crippen molar-refractivity contribution in [2.45, 2.75) is 26.6 Å². The maximum Gasteiger partial charge on any atom is 0.280 e. The van der Waals surface area contributed by atoms with Crippen molar-refractivity contribution in [2.24, 2.45) is 5.10 Å². The van der Waals surface area contributed by atoms with Crippen molar-refractivity contribution in [2.75, 3.05) is 7.11 Å². The fourth-order valence-electron chi connectivity index (χ4n) is 2.83. The minimum atomic E-state index is -0.713. The van der Waals surface area contributed by atoms with Crippen molar-refractivity contribution in [3.63, 3.8) is 0 Å². The Morgan fingerprint density at radius 3 is 2.53 bits per heavy atom. The van der Waals surface area contributed by atoms with Gasteiger partial charge in [0.25, 0.3) is 5.91 Å². The number of hydrogen-bond donors (Lipinski definition) is 1. The second kappa shape index (κ2) is 11.3. The van der Waals surface area contributed by atoms with E-state index in [4.69, 9.17) is 14.2 Å². The Morgan fingerprint density at radius 1 is 1.06 bits per heavy atom. The average Bonchev–Trinajstić information content (AvgIpc) is 2.80. The largest absolute Gasteiger partial charge is 0.493 e. The molecule has 6 nitrogen and oxygen atoms in total. The molecule has 1 N–H and O–H groups in total. The van der Waals surface area contributed by atoms with Gasteiger partial charge in [0.15, 0.2) is 17.6 Å². The van der Waals surface area contributed by atoms with E-state index < -0.39 is 6.10 Å². The summed E-state index contributed by atoms with van der Waals surface area (Å²) >= 11 is 3.44. The standard InChI is InChI=1S/C25H25BrN2O4/c1-17-9-11-22(21(26)13-17)32-18(2)25(29)28-27-15-20-10-12-23(24(14-20)30-3)31-16-19-7-5-4-6-8-19/h4-15,18H,16H2,1-3H3,(H,28,29). The number of methoxy groups -OCH3 is 1. The number of carbonyl (C=O) groups excluding carboxylic acids is 1. The summed E-state index contributed by atoms with van der Waals surface area (Å²) in [6.07, 6.45) is 0.824. The van der Waals surface area contributed by atoms with Crippen LogP contribution in [-0.4, -0.2) is 25.3 Å². The van der Waals surface area contributed by atoms with Gasteiger partial charge < -0.3 is 14.2 Å². The highest BCUT2D eigenvalue weighted by molar-refractivity contribution is 9.10. The molecule has 1 amide bonds. The first-order chi connectivity index (χ1) is 15.5. The third-order valence-corrected chi connectivity index (χ3v) is 5.19. The summed E-state index contributed by atoms with van der Waals surface area (Å²) in [6, 6.07) is 21.0. The van der Waals surface area contributed by atoms with Gasteiger partial charge >= 0.3 is 0 Å². The molecule has 0 spiro atoms. The number of amides is 1. The first-order valence-corrected chi connectivity index (χ1v) is 10.9. The number of benzene rings is 3. The number of halogens is 1. The Kier molecular flexibility index (Phi) is 8.27. The van der Waals surface area contributed by atoms with Gasteiger partial charge in [0.1, 0.15) is 12.4 Å². The van der Waals surface area contributed by atoms with Gasteiger partial charge in [0.05, 0.1) is 17.8 Å². The second-order valence-corrected chi connectivity index (χ2v) is 7.97. The molecule has 0 bridgehead atoms. The first kappa shape index (κ1) is 23.3. The lowest BCUT2D eigenvalue weighted by molar-refractivity contribution is -0.127. The molecule has 0 aromatic heterocycles. The Bertz CT molecular complexity index is 1090. The van der Waals surface area contributed by atoms with E-state index in [0.29, 0.717) is 23.9 Å². The predicted molar refractivity (Wildman–Crippen MR) is 128 cm³/mol. The van der Waals surface area contributed by atoms with E-state index in [9.17, 15) is 4.79 Å². The molecule has 1 atom stereocenters. The van der Waals surface area contributed by atoms with E-state index in [1.165, 1.54) is 6.21 Å². The molecule has 0 radical (unpaired) electrons. The highest BCUT2D eigenvalue weighted by atomic mass is 79.9. The maximum atomic E-state index is 12.3. The van der Waals surface area contributed by atoms with Gasteiger partial charge in [-0.3, -0.25) is 4.79 Å². The molecule has 7 heteroatoms. The Labute approximate surface area is 196 Å². The van der Waals surface area contributed by atoms with Crippen molar-refractivity contribution in [1.82, 2.24) is 5.43 Å². The van der Waals surface area contributed by atoms with Crippen molar-refractivity contribution in [3.8, 4) is 17.2 Å². The minimum absolute atomic E-state index is 0.358. The maximum absolute atomic E-state index is 12.3. The van der Waals surface area contributed by atoms with Gasteiger partial charge in [-0.2, -0.15) is 5.10 Å². The number of hydrazone groups is 1. The van der Waals surface area contributed by atoms with Crippen LogP contribution in [0.1, 0.15) is 23.6 Å². The van der Waals surface area contributed by atoms with E-state index in [1.54, 1.807) is 20.1 Å². The fourth-order valence-corrected chi connectivity index (χ4v) is 3.41. The van der Waals surface area contributed by atoms with Crippen molar-refractivity contribution >= 4 is 28.1 Å². The molecule has 166 valence electrons. The molecular weight excluding hydrogens is 472 g/mol. The zero-order valence-electron chi connectivity index (χ0n) is 18.2. The van der Waals surface area contributed by atoms with Crippen LogP contribution in [0.5, 0.6) is 17.2 Å². The van der Waals surface area contributed by atoms with E-state index in [1.807, 2.05) is 67.6 Å². The van der Waals surface area contributed by atoms with Crippen LogP contribution >= 0.6 is 15.9 Å². The van der Waals surface area contributed by atoms with Crippen LogP contribution in [0.3, 0.4) is 0 Å². The molecule has 3 aromatic rings. The number of rotatable bonds is 9. The summed E-state index contributed by atoms with van der Waals surface area (Å²) in [5.74, 6) is 1.45. The van der Waals surface area contributed by atoms with Crippen molar-refractivity contribution in [1.29, 1.82) is 0 Å². The summed E-state index contributed by atoms with van der Waals surface area (Å²) in [6.45, 7) is 4.09. The van der Waals surface area contributed by atoms with Gasteiger partial charge in [-0.05, 0) is 76.8 Å². The molecule has 1 unspecified atom stereocenters. The fraction of sp³-hybridized carbons (Fsp3) is 0.200. The zero-order chi connectivity index (χ0) is 22.9. The van der Waals surface area contributed by atoms with E-state index >= 15 is 0 Å². The van der Waals surface area contributed by atoms with Gasteiger partial charge in [-0.25, -0.2) is 5.43 Å². The van der Waals surface area contributed by atoms with Gasteiger partial charge in [-0.1, -0.05) is 36.4 Å². The highest BCUT2D eigenvalue weighted by Gasteiger charge is 2.15. The molecule has 0 saturated carbocycles. The Hall–Kier alpha value is -3.32. The second-order valence-electron chi connectivity index (χ2n) is 7.11. The molecule has 0 aliphatic rings. The molecule has 0 aliphatic carbocycles. The summed E-state index contributed by atoms with van der Waals surface area (Å²) in [7, 11) is 1.58. The molecule has 0 heterocycles. The Morgan fingerprint density at radius 2 is 1.81 bits per heavy atom. The Balaban J connectivity index is 1.56. The van der Waals surface area contributed by atoms with E-state index in [0.717, 1.165) is 21.2 Å². The summed E-state index contributed by atoms with van der Waals surface area (Å²) in [4.78, 5) is 12.3. The van der Waals surface area contributed by atoms with Crippen LogP contribution in [0, 0.1) is 6.92 Å². The lowest BCUT2D eigenvalue weighted by atomic mass is 10.2. The first-order valence-electron chi connectivity index (χ1n) is 10.1. The van der Waals surface area contributed by atoms with Gasteiger partial charge in [-0.15, -0.1) is 0 Å². The third kappa shape index (κ3) is 6.59. The normalized spacial score (nSPS) is 11.8. The number of aryl methyl sites for hydroxylation is 1. The lowest BCUT2D eigenvalue weighted by Crippen LogP contribution is -2.33. The van der Waals surface area contributed by atoms with E-state index in [2.05, 4.69) is 26.5 Å². The number of ether oxygens (including phenoxy) is 3. The molecule has 3 rings (SSSR count). The third-order valence-electron chi connectivity index (χ3n) is 4.57. The van der Waals surface area contributed by atoms with Crippen molar-refractivity contribution in [3.05, 3.63) is 87.9 Å². The number of hydrogen-bond acceptors (Lipinski definition) is 5. The minimum Gasteiger partial charge on any atom is -0.493 e. The van der Waals surface area contributed by atoms with Crippen LogP contribution in [0.15, 0.2) is 76.3 Å². The van der Waals surface area contributed by atoms with E-state index in [-0.39, 0.29) is 5.91 Å². The van der Waals surface area contributed by atoms with Crippen LogP contribution in [-0.2, 0) is 11.4 Å². The monoisotopic (exact) mass is 496 g/mol. The topological polar surface area (TPSA) is 69.2 Å². The van der Waals surface area contributed by atoms with Crippen LogP contribution in [0.2, 0.25) is 0 Å². The summed E-state index contributed by atoms with van der Waals surface area (Å²) < 4.78 is 17.8. The lowest BCUT2D eigenvalue weighted by Gasteiger charge is -2.14. The quantitative estimate of drug-likeness (QED) is 0.324. The smallest absolute Gasteiger partial charge is 0.280 e. The molecule has 0 fully saturated rings. The molecule has 32 heavy (non-hydrogen) atoms. The number of carbonyl (C=O) groups is 1. The van der Waals surface area contributed by atoms with Crippen LogP contribution in [0.25, 0.3) is 0 Å². The molecule has 0 saturated heterocycles. The van der Waals surface area contributed by atoms with Crippen molar-refractivity contribution < 1.29 is 19.0 Å². The van der Waals surface area contributed by atoms with Gasteiger partial charge in [0.2, 0.25) is 0 Å². The average molecular weight is 497 g/mol. The number of nitrogens with one attached hydrogen (secondary N) is 1.